The molecular weight excluding hydrogens is 422 g/mol. The first-order valence-electron chi connectivity index (χ1n) is 9.82. The van der Waals surface area contributed by atoms with Gasteiger partial charge in [-0.25, -0.2) is 18.0 Å². The van der Waals surface area contributed by atoms with Gasteiger partial charge in [-0.2, -0.15) is 0 Å². The van der Waals surface area contributed by atoms with Gasteiger partial charge in [0.1, 0.15) is 11.3 Å². The largest absolute Gasteiger partial charge is 0.423 e. The third-order valence-electron chi connectivity index (χ3n) is 5.52. The van der Waals surface area contributed by atoms with Crippen molar-refractivity contribution in [2.24, 2.45) is 0 Å². The zero-order valence-electron chi connectivity index (χ0n) is 16.8. The number of nitrogens with zero attached hydrogens (tertiary/aromatic N) is 1. The van der Waals surface area contributed by atoms with Crippen LogP contribution in [0.3, 0.4) is 0 Å². The van der Waals surface area contributed by atoms with Gasteiger partial charge in [0.25, 0.3) is 5.91 Å². The van der Waals surface area contributed by atoms with Crippen molar-refractivity contribution in [1.29, 1.82) is 0 Å². The smallest absolute Gasteiger partial charge is 0.343 e. The number of carbonyl (C=O) groups excluding carboxylic acids is 3. The summed E-state index contributed by atoms with van der Waals surface area (Å²) in [5.74, 6) is -0.626. The lowest BCUT2D eigenvalue weighted by Crippen LogP contribution is -2.43. The van der Waals surface area contributed by atoms with Gasteiger partial charge in [0.05, 0.1) is 17.0 Å². The molecule has 0 radical (unpaired) electrons. The Kier molecular flexibility index (Phi) is 5.18. The van der Waals surface area contributed by atoms with Crippen molar-refractivity contribution in [1.82, 2.24) is 10.6 Å². The summed E-state index contributed by atoms with van der Waals surface area (Å²) >= 11 is 0. The standard InChI is InChI=1S/C21H21N3O6S/c1-2-21(19(26)22-20(27)23-21)15-6-10-17(11-7-15)30-18(25)14-4-8-16(9-5-14)24-12-3-13-31(24,28)29/h4-11H,2-3,12-13H2,1H3,(H2,22,23,26,27). The predicted molar refractivity (Wildman–Crippen MR) is 112 cm³/mol. The highest BCUT2D eigenvalue weighted by atomic mass is 32.2. The van der Waals surface area contributed by atoms with Crippen LogP contribution in [0.5, 0.6) is 5.75 Å². The molecule has 2 aromatic carbocycles. The molecule has 2 aliphatic heterocycles. The van der Waals surface area contributed by atoms with E-state index < -0.39 is 33.5 Å². The van der Waals surface area contributed by atoms with E-state index in [1.165, 1.54) is 16.4 Å². The van der Waals surface area contributed by atoms with Crippen LogP contribution in [0.15, 0.2) is 48.5 Å². The van der Waals surface area contributed by atoms with Crippen LogP contribution in [0, 0.1) is 0 Å². The predicted octanol–water partition coefficient (Wildman–Crippen LogP) is 1.89. The van der Waals surface area contributed by atoms with Gasteiger partial charge in [-0.15, -0.1) is 0 Å². The van der Waals surface area contributed by atoms with Crippen molar-refractivity contribution in [3.63, 3.8) is 0 Å². The molecule has 2 heterocycles. The Hall–Kier alpha value is -3.40. The topological polar surface area (TPSA) is 122 Å². The van der Waals surface area contributed by atoms with E-state index in [1.807, 2.05) is 0 Å². The monoisotopic (exact) mass is 443 g/mol. The van der Waals surface area contributed by atoms with Crippen molar-refractivity contribution in [2.75, 3.05) is 16.6 Å². The van der Waals surface area contributed by atoms with Crippen LogP contribution in [0.25, 0.3) is 0 Å². The minimum Gasteiger partial charge on any atom is -0.423 e. The summed E-state index contributed by atoms with van der Waals surface area (Å²) in [5.41, 5.74) is 0.220. The quantitative estimate of drug-likeness (QED) is 0.413. The number of nitrogens with one attached hydrogen (secondary N) is 2. The molecular formula is C21H21N3O6S. The van der Waals surface area contributed by atoms with E-state index in [9.17, 15) is 22.8 Å². The molecule has 162 valence electrons. The van der Waals surface area contributed by atoms with Gasteiger partial charge in [-0.05, 0) is 54.8 Å². The first kappa shape index (κ1) is 20.9. The van der Waals surface area contributed by atoms with Crippen molar-refractivity contribution in [3.8, 4) is 5.75 Å². The zero-order chi connectivity index (χ0) is 22.2. The number of benzene rings is 2. The van der Waals surface area contributed by atoms with Gasteiger partial charge in [0.2, 0.25) is 10.0 Å². The number of rotatable bonds is 5. The van der Waals surface area contributed by atoms with Crippen LogP contribution in [-0.4, -0.2) is 38.6 Å². The van der Waals surface area contributed by atoms with Gasteiger partial charge in [-0.1, -0.05) is 19.1 Å². The van der Waals surface area contributed by atoms with E-state index in [4.69, 9.17) is 4.74 Å². The molecule has 10 heteroatoms. The Balaban J connectivity index is 1.47. The Labute approximate surface area is 179 Å². The maximum atomic E-state index is 12.5. The normalized spacial score (nSPS) is 22.2. The number of hydrogen-bond donors (Lipinski definition) is 2. The molecule has 0 saturated carbocycles. The van der Waals surface area contributed by atoms with Gasteiger partial charge in [-0.3, -0.25) is 14.4 Å². The van der Waals surface area contributed by atoms with Crippen LogP contribution in [0.4, 0.5) is 10.5 Å². The number of esters is 1. The lowest BCUT2D eigenvalue weighted by molar-refractivity contribution is -0.124. The van der Waals surface area contributed by atoms with Crippen LogP contribution in [0.2, 0.25) is 0 Å². The SMILES string of the molecule is CCC1(c2ccc(OC(=O)c3ccc(N4CCCS4(=O)=O)cc3)cc2)NC(=O)NC1=O. The molecule has 0 aromatic heterocycles. The second-order valence-corrected chi connectivity index (χ2v) is 9.38. The molecule has 2 aromatic rings. The van der Waals surface area contributed by atoms with E-state index in [2.05, 4.69) is 10.6 Å². The summed E-state index contributed by atoms with van der Waals surface area (Å²) in [4.78, 5) is 36.2. The van der Waals surface area contributed by atoms with E-state index in [0.717, 1.165) is 0 Å². The third kappa shape index (κ3) is 3.74. The summed E-state index contributed by atoms with van der Waals surface area (Å²) in [6.45, 7) is 2.21. The van der Waals surface area contributed by atoms with Crippen LogP contribution in [0.1, 0.15) is 35.7 Å². The maximum absolute atomic E-state index is 12.5. The highest BCUT2D eigenvalue weighted by Crippen LogP contribution is 2.30. The van der Waals surface area contributed by atoms with Crippen molar-refractivity contribution in [2.45, 2.75) is 25.3 Å². The molecule has 1 atom stereocenters. The van der Waals surface area contributed by atoms with Crippen molar-refractivity contribution >= 4 is 33.6 Å². The third-order valence-corrected chi connectivity index (χ3v) is 7.39. The second kappa shape index (κ2) is 7.69. The van der Waals surface area contributed by atoms with Crippen LogP contribution in [-0.2, 0) is 20.4 Å². The number of anilines is 1. The lowest BCUT2D eigenvalue weighted by atomic mass is 9.87. The molecule has 4 rings (SSSR count). The van der Waals surface area contributed by atoms with Gasteiger partial charge < -0.3 is 10.1 Å². The average molecular weight is 443 g/mol. The van der Waals surface area contributed by atoms with Gasteiger partial charge in [0.15, 0.2) is 0 Å². The number of hydrogen-bond acceptors (Lipinski definition) is 6. The number of sulfonamides is 1. The van der Waals surface area contributed by atoms with E-state index in [1.54, 1.807) is 43.3 Å². The van der Waals surface area contributed by atoms with E-state index in [0.29, 0.717) is 30.6 Å². The summed E-state index contributed by atoms with van der Waals surface area (Å²) in [5, 5.41) is 4.89. The summed E-state index contributed by atoms with van der Waals surface area (Å²) in [6.07, 6.45) is 0.940. The molecule has 2 fully saturated rings. The Morgan fingerprint density at radius 2 is 1.77 bits per heavy atom. The number of imide groups is 1. The Bertz CT molecular complexity index is 1140. The molecule has 1 unspecified atom stereocenters. The highest BCUT2D eigenvalue weighted by molar-refractivity contribution is 7.93. The van der Waals surface area contributed by atoms with Gasteiger partial charge >= 0.3 is 12.0 Å². The molecule has 2 N–H and O–H groups in total. The zero-order valence-corrected chi connectivity index (χ0v) is 17.6. The molecule has 0 aliphatic carbocycles. The number of ether oxygens (including phenoxy) is 1. The fourth-order valence-electron chi connectivity index (χ4n) is 3.81. The Morgan fingerprint density at radius 3 is 2.29 bits per heavy atom. The molecule has 0 spiro atoms. The van der Waals surface area contributed by atoms with E-state index in [-0.39, 0.29) is 17.1 Å². The molecule has 3 amide bonds. The Morgan fingerprint density at radius 1 is 1.10 bits per heavy atom. The summed E-state index contributed by atoms with van der Waals surface area (Å²) in [6, 6.07) is 12.0. The highest BCUT2D eigenvalue weighted by Gasteiger charge is 2.46. The molecule has 31 heavy (non-hydrogen) atoms. The first-order valence-corrected chi connectivity index (χ1v) is 11.4. The van der Waals surface area contributed by atoms with E-state index >= 15 is 0 Å². The van der Waals surface area contributed by atoms with Crippen molar-refractivity contribution in [3.05, 3.63) is 59.7 Å². The molecule has 2 aliphatic rings. The second-order valence-electron chi connectivity index (χ2n) is 7.37. The van der Waals surface area contributed by atoms with Gasteiger partial charge in [0, 0.05) is 6.54 Å². The fraction of sp³-hybridized carbons (Fsp3) is 0.286. The number of carbonyl (C=O) groups is 3. The summed E-state index contributed by atoms with van der Waals surface area (Å²) in [7, 11) is -3.29. The minimum atomic E-state index is -3.29. The lowest BCUT2D eigenvalue weighted by Gasteiger charge is -2.24. The first-order chi connectivity index (χ1) is 14.7. The average Bonchev–Trinajstić information content (AvgIpc) is 3.26. The number of urea groups is 1. The molecule has 9 nitrogen and oxygen atoms in total. The maximum Gasteiger partial charge on any atom is 0.343 e. The minimum absolute atomic E-state index is 0.122. The number of amides is 3. The van der Waals surface area contributed by atoms with Crippen LogP contribution < -0.4 is 19.7 Å². The molecule has 0 bridgehead atoms. The molecule has 2 saturated heterocycles. The fourth-order valence-corrected chi connectivity index (χ4v) is 5.38. The summed E-state index contributed by atoms with van der Waals surface area (Å²) < 4.78 is 30.7. The van der Waals surface area contributed by atoms with Crippen molar-refractivity contribution < 1.29 is 27.5 Å². The van der Waals surface area contributed by atoms with Crippen LogP contribution >= 0.6 is 0 Å².